The Balaban J connectivity index is 1.50. The van der Waals surface area contributed by atoms with E-state index in [1.165, 1.54) is 18.3 Å². The molecule has 0 radical (unpaired) electrons. The first-order chi connectivity index (χ1) is 17.4. The molecule has 2 aromatic heterocycles. The van der Waals surface area contributed by atoms with Crippen molar-refractivity contribution in [1.82, 2.24) is 19.6 Å². The number of alkyl halides is 4. The third kappa shape index (κ3) is 5.89. The number of nitrogens with one attached hydrogen (secondary N) is 1. The molecule has 4 rings (SSSR count). The van der Waals surface area contributed by atoms with Gasteiger partial charge < -0.3 is 5.32 Å². The van der Waals surface area contributed by atoms with Gasteiger partial charge in [0.2, 0.25) is 15.9 Å². The molecule has 0 saturated carbocycles. The van der Waals surface area contributed by atoms with E-state index in [9.17, 15) is 35.2 Å². The third-order valence-corrected chi connectivity index (χ3v) is 7.84. The minimum Gasteiger partial charge on any atom is -0.349 e. The highest BCUT2D eigenvalue weighted by Crippen LogP contribution is 2.32. The van der Waals surface area contributed by atoms with Gasteiger partial charge in [0, 0.05) is 36.5 Å². The summed E-state index contributed by atoms with van der Waals surface area (Å²) >= 11 is 6.14. The SMILES string of the molecule is O=C(NCc1cc(-c2ccc(C(F)(F)F)nc2)c(Cl)cn1)[C@H]1C[C@@H](F)CN1S(=O)(=O)c1ccc(F)cc1. The number of benzene rings is 1. The lowest BCUT2D eigenvalue weighted by atomic mass is 10.1. The van der Waals surface area contributed by atoms with Crippen LogP contribution in [0.2, 0.25) is 5.02 Å². The standard InChI is InChI=1S/C23H18ClF5N4O3S/c24-19-11-30-16(8-18(19)13-1-6-21(31-9-13)23(27,28)29)10-32-22(34)20-7-15(26)12-33(20)37(35,36)17-4-2-14(25)3-5-17/h1-6,8-9,11,15,20H,7,10,12H2,(H,32,34)/t15-,20-/m1/s1. The van der Waals surface area contributed by atoms with E-state index in [0.717, 1.165) is 40.8 Å². The van der Waals surface area contributed by atoms with E-state index in [2.05, 4.69) is 15.3 Å². The van der Waals surface area contributed by atoms with Gasteiger partial charge in [0.05, 0.1) is 22.2 Å². The van der Waals surface area contributed by atoms with E-state index < -0.39 is 52.4 Å². The molecule has 1 aliphatic heterocycles. The van der Waals surface area contributed by atoms with Crippen molar-refractivity contribution >= 4 is 27.5 Å². The van der Waals surface area contributed by atoms with Crippen LogP contribution in [-0.2, 0) is 27.5 Å². The fraction of sp³-hybridized carbons (Fsp3) is 0.261. The zero-order valence-electron chi connectivity index (χ0n) is 18.7. The Hall–Kier alpha value is -3.16. The van der Waals surface area contributed by atoms with Crippen LogP contribution >= 0.6 is 11.6 Å². The second-order valence-corrected chi connectivity index (χ2v) is 10.5. The summed E-state index contributed by atoms with van der Waals surface area (Å²) < 4.78 is 92.4. The maximum absolute atomic E-state index is 14.2. The number of rotatable bonds is 6. The highest BCUT2D eigenvalue weighted by molar-refractivity contribution is 7.89. The summed E-state index contributed by atoms with van der Waals surface area (Å²) in [5.74, 6) is -1.43. The van der Waals surface area contributed by atoms with Gasteiger partial charge in [0.25, 0.3) is 0 Å². The average Bonchev–Trinajstić information content (AvgIpc) is 3.26. The molecular weight excluding hydrogens is 543 g/mol. The van der Waals surface area contributed by atoms with Crippen LogP contribution in [0.5, 0.6) is 0 Å². The number of sulfonamides is 1. The molecular formula is C23H18ClF5N4O3S. The predicted octanol–water partition coefficient (Wildman–Crippen LogP) is 4.37. The Bertz CT molecular complexity index is 1400. The minimum atomic E-state index is -4.60. The molecule has 196 valence electrons. The molecule has 0 aliphatic carbocycles. The van der Waals surface area contributed by atoms with Gasteiger partial charge in [-0.3, -0.25) is 14.8 Å². The van der Waals surface area contributed by atoms with Crippen LogP contribution < -0.4 is 5.32 Å². The van der Waals surface area contributed by atoms with Gasteiger partial charge in [-0.25, -0.2) is 17.2 Å². The van der Waals surface area contributed by atoms with E-state index in [-0.39, 0.29) is 34.1 Å². The summed E-state index contributed by atoms with van der Waals surface area (Å²) in [5, 5.41) is 2.64. The molecule has 1 aliphatic rings. The first-order valence-corrected chi connectivity index (χ1v) is 12.6. The molecule has 1 aromatic carbocycles. The number of carbonyl (C=O) groups is 1. The van der Waals surface area contributed by atoms with Crippen molar-refractivity contribution in [2.24, 2.45) is 0 Å². The largest absolute Gasteiger partial charge is 0.433 e. The van der Waals surface area contributed by atoms with Gasteiger partial charge >= 0.3 is 6.18 Å². The van der Waals surface area contributed by atoms with Gasteiger partial charge in [-0.1, -0.05) is 17.7 Å². The average molecular weight is 561 g/mol. The van der Waals surface area contributed by atoms with Gasteiger partial charge in [-0.05, 0) is 36.4 Å². The molecule has 3 aromatic rings. The van der Waals surface area contributed by atoms with Gasteiger partial charge in [0.1, 0.15) is 23.7 Å². The van der Waals surface area contributed by atoms with Crippen LogP contribution in [0.4, 0.5) is 22.0 Å². The lowest BCUT2D eigenvalue weighted by Gasteiger charge is -2.23. The molecule has 1 saturated heterocycles. The maximum atomic E-state index is 14.2. The second kappa shape index (κ2) is 10.3. The van der Waals surface area contributed by atoms with Gasteiger partial charge in [0.15, 0.2) is 0 Å². The summed E-state index contributed by atoms with van der Waals surface area (Å²) in [6.45, 7) is -0.739. The number of hydrogen-bond donors (Lipinski definition) is 1. The summed E-state index contributed by atoms with van der Waals surface area (Å²) in [7, 11) is -4.28. The molecule has 0 spiro atoms. The van der Waals surface area contributed by atoms with Gasteiger partial charge in [-0.15, -0.1) is 0 Å². The quantitative estimate of drug-likeness (QED) is 0.452. The summed E-state index contributed by atoms with van der Waals surface area (Å²) in [4.78, 5) is 20.0. The van der Waals surface area contributed by atoms with Crippen LogP contribution in [-0.4, -0.2) is 47.4 Å². The summed E-state index contributed by atoms with van der Waals surface area (Å²) in [5.41, 5.74) is -0.222. The molecule has 2 atom stereocenters. The second-order valence-electron chi connectivity index (χ2n) is 8.18. The van der Waals surface area contributed by atoms with Crippen molar-refractivity contribution < 1.29 is 35.2 Å². The zero-order valence-corrected chi connectivity index (χ0v) is 20.3. The first-order valence-electron chi connectivity index (χ1n) is 10.7. The smallest absolute Gasteiger partial charge is 0.349 e. The maximum Gasteiger partial charge on any atom is 0.433 e. The highest BCUT2D eigenvalue weighted by atomic mass is 35.5. The third-order valence-electron chi connectivity index (χ3n) is 5.65. The van der Waals surface area contributed by atoms with Crippen molar-refractivity contribution in [2.45, 2.75) is 36.3 Å². The van der Waals surface area contributed by atoms with Crippen LogP contribution in [0, 0.1) is 5.82 Å². The molecule has 1 amide bonds. The minimum absolute atomic E-state index is 0.129. The topological polar surface area (TPSA) is 92.3 Å². The molecule has 0 bridgehead atoms. The van der Waals surface area contributed by atoms with Crippen LogP contribution in [0.3, 0.4) is 0 Å². The monoisotopic (exact) mass is 560 g/mol. The Morgan fingerprint density at radius 3 is 2.43 bits per heavy atom. The molecule has 0 unspecified atom stereocenters. The normalized spacial score (nSPS) is 18.6. The van der Waals surface area contributed by atoms with Gasteiger partial charge in [-0.2, -0.15) is 17.5 Å². The number of nitrogens with zero attached hydrogens (tertiary/aromatic N) is 3. The fourth-order valence-electron chi connectivity index (χ4n) is 3.82. The van der Waals surface area contributed by atoms with Crippen molar-refractivity contribution in [3.63, 3.8) is 0 Å². The van der Waals surface area contributed by atoms with Crippen molar-refractivity contribution in [3.05, 3.63) is 77.1 Å². The number of amides is 1. The molecule has 7 nitrogen and oxygen atoms in total. The summed E-state index contributed by atoms with van der Waals surface area (Å²) in [6.07, 6.45) is -4.31. The Morgan fingerprint density at radius 1 is 1.11 bits per heavy atom. The van der Waals surface area contributed by atoms with Crippen LogP contribution in [0.25, 0.3) is 11.1 Å². The number of pyridine rings is 2. The van der Waals surface area contributed by atoms with Crippen molar-refractivity contribution in [2.75, 3.05) is 6.54 Å². The number of hydrogen-bond acceptors (Lipinski definition) is 5. The van der Waals surface area contributed by atoms with E-state index in [4.69, 9.17) is 11.6 Å². The van der Waals surface area contributed by atoms with Crippen LogP contribution in [0.15, 0.2) is 59.8 Å². The number of carbonyl (C=O) groups excluding carboxylic acids is 1. The zero-order chi connectivity index (χ0) is 27.0. The predicted molar refractivity (Wildman–Crippen MR) is 123 cm³/mol. The fourth-order valence-corrected chi connectivity index (χ4v) is 5.66. The molecule has 14 heteroatoms. The Labute approximate surface area is 213 Å². The highest BCUT2D eigenvalue weighted by Gasteiger charge is 2.44. The van der Waals surface area contributed by atoms with E-state index in [1.54, 1.807) is 0 Å². The summed E-state index contributed by atoms with van der Waals surface area (Å²) in [6, 6.07) is 6.03. The van der Waals surface area contributed by atoms with Crippen molar-refractivity contribution in [3.8, 4) is 11.1 Å². The molecule has 1 N–H and O–H groups in total. The first kappa shape index (κ1) is 26.9. The lowest BCUT2D eigenvalue weighted by Crippen LogP contribution is -2.45. The molecule has 3 heterocycles. The van der Waals surface area contributed by atoms with E-state index in [0.29, 0.717) is 5.56 Å². The lowest BCUT2D eigenvalue weighted by molar-refractivity contribution is -0.141. The van der Waals surface area contributed by atoms with E-state index in [1.807, 2.05) is 0 Å². The Morgan fingerprint density at radius 2 is 1.81 bits per heavy atom. The molecule has 1 fully saturated rings. The number of halogens is 6. The molecule has 37 heavy (non-hydrogen) atoms. The van der Waals surface area contributed by atoms with Crippen molar-refractivity contribution in [1.29, 1.82) is 0 Å². The van der Waals surface area contributed by atoms with Crippen LogP contribution in [0.1, 0.15) is 17.8 Å². The Kier molecular flexibility index (Phi) is 7.49. The van der Waals surface area contributed by atoms with E-state index >= 15 is 0 Å². The number of aromatic nitrogens is 2.